The third-order valence-corrected chi connectivity index (χ3v) is 5.70. The lowest BCUT2D eigenvalue weighted by Crippen LogP contribution is -2.32. The summed E-state index contributed by atoms with van der Waals surface area (Å²) in [6, 6.07) is 9.29. The van der Waals surface area contributed by atoms with Crippen LogP contribution in [0, 0.1) is 19.8 Å². The van der Waals surface area contributed by atoms with E-state index in [-0.39, 0.29) is 17.7 Å². The molecular weight excluding hydrogens is 380 g/mol. The normalized spacial score (nSPS) is 19.3. The second-order valence-electron chi connectivity index (χ2n) is 7.89. The van der Waals surface area contributed by atoms with Gasteiger partial charge in [0.15, 0.2) is 0 Å². The van der Waals surface area contributed by atoms with E-state index in [1.165, 1.54) is 5.56 Å². The molecule has 8 heteroatoms. The molecule has 3 aromatic rings. The number of benzene rings is 1. The molecule has 1 aliphatic rings. The van der Waals surface area contributed by atoms with Crippen LogP contribution in [-0.2, 0) is 13.1 Å². The number of rotatable bonds is 7. The Labute approximate surface area is 176 Å². The molecule has 1 fully saturated rings. The van der Waals surface area contributed by atoms with Crippen molar-refractivity contribution in [3.05, 3.63) is 65.1 Å². The summed E-state index contributed by atoms with van der Waals surface area (Å²) in [4.78, 5) is 14.9. The van der Waals surface area contributed by atoms with Crippen molar-refractivity contribution in [2.75, 3.05) is 19.6 Å². The molecule has 30 heavy (non-hydrogen) atoms. The average molecular weight is 409 g/mol. The first-order valence-electron chi connectivity index (χ1n) is 10.4. The summed E-state index contributed by atoms with van der Waals surface area (Å²) < 4.78 is 7.72. The van der Waals surface area contributed by atoms with Crippen LogP contribution >= 0.6 is 0 Å². The molecule has 1 saturated heterocycles. The van der Waals surface area contributed by atoms with E-state index in [2.05, 4.69) is 38.6 Å². The van der Waals surface area contributed by atoms with Crippen LogP contribution in [0.25, 0.3) is 0 Å². The van der Waals surface area contributed by atoms with E-state index < -0.39 is 0 Å². The van der Waals surface area contributed by atoms with Gasteiger partial charge in [-0.1, -0.05) is 18.2 Å². The summed E-state index contributed by atoms with van der Waals surface area (Å²) in [5, 5.41) is 15.9. The molecule has 2 aromatic heterocycles. The van der Waals surface area contributed by atoms with E-state index in [0.29, 0.717) is 23.9 Å². The van der Waals surface area contributed by atoms with Crippen LogP contribution in [0.2, 0.25) is 0 Å². The zero-order valence-corrected chi connectivity index (χ0v) is 17.7. The predicted molar refractivity (Wildman–Crippen MR) is 112 cm³/mol. The molecule has 0 unspecified atom stereocenters. The highest BCUT2D eigenvalue weighted by Gasteiger charge is 2.37. The van der Waals surface area contributed by atoms with Crippen LogP contribution < -0.4 is 5.32 Å². The number of carbonyl (C=O) groups is 1. The van der Waals surface area contributed by atoms with Gasteiger partial charge in [-0.2, -0.15) is 5.10 Å². The Balaban J connectivity index is 1.46. The Morgan fingerprint density at radius 3 is 2.67 bits per heavy atom. The van der Waals surface area contributed by atoms with Crippen LogP contribution in [0.15, 0.2) is 40.9 Å². The fourth-order valence-corrected chi connectivity index (χ4v) is 4.07. The SMILES string of the molecule is CCn1cc(CN2C[C@H](CNC(=O)c3ccccc3)[C@@H](c3nnc(C)o3)C2)c(C)n1. The highest BCUT2D eigenvalue weighted by Crippen LogP contribution is 2.32. The highest BCUT2D eigenvalue weighted by molar-refractivity contribution is 5.94. The molecule has 1 amide bonds. The minimum absolute atomic E-state index is 0.0606. The average Bonchev–Trinajstić information content (AvgIpc) is 3.46. The van der Waals surface area contributed by atoms with Crippen LogP contribution in [0.1, 0.15) is 46.2 Å². The number of aryl methyl sites for hydroxylation is 3. The second kappa shape index (κ2) is 8.79. The van der Waals surface area contributed by atoms with Crippen molar-refractivity contribution in [3.63, 3.8) is 0 Å². The molecule has 1 aliphatic heterocycles. The Kier molecular flexibility index (Phi) is 5.94. The van der Waals surface area contributed by atoms with E-state index >= 15 is 0 Å². The molecule has 4 rings (SSSR count). The smallest absolute Gasteiger partial charge is 0.251 e. The van der Waals surface area contributed by atoms with Crippen molar-refractivity contribution in [1.29, 1.82) is 0 Å². The summed E-state index contributed by atoms with van der Waals surface area (Å²) in [6.45, 7) is 9.83. The summed E-state index contributed by atoms with van der Waals surface area (Å²) >= 11 is 0. The molecule has 0 aliphatic carbocycles. The van der Waals surface area contributed by atoms with Crippen LogP contribution in [0.3, 0.4) is 0 Å². The number of carbonyl (C=O) groups excluding carboxylic acids is 1. The van der Waals surface area contributed by atoms with E-state index in [4.69, 9.17) is 4.42 Å². The van der Waals surface area contributed by atoms with Crippen molar-refractivity contribution in [3.8, 4) is 0 Å². The minimum Gasteiger partial charge on any atom is -0.425 e. The van der Waals surface area contributed by atoms with Crippen LogP contribution in [0.5, 0.6) is 0 Å². The Hall–Kier alpha value is -3.00. The second-order valence-corrected chi connectivity index (χ2v) is 7.89. The van der Waals surface area contributed by atoms with E-state index in [1.54, 1.807) is 6.92 Å². The zero-order chi connectivity index (χ0) is 21.1. The number of aromatic nitrogens is 4. The van der Waals surface area contributed by atoms with E-state index in [0.717, 1.165) is 31.9 Å². The molecule has 0 bridgehead atoms. The standard InChI is InChI=1S/C22H28N6O2/c1-4-28-13-19(15(2)26-28)12-27-11-18(20(14-27)22-25-24-16(3)30-22)10-23-21(29)17-8-6-5-7-9-17/h5-9,13,18,20H,4,10-12,14H2,1-3H3,(H,23,29)/t18-,20-/m0/s1. The first-order valence-corrected chi connectivity index (χ1v) is 10.4. The molecule has 0 saturated carbocycles. The summed E-state index contributed by atoms with van der Waals surface area (Å²) in [6.07, 6.45) is 2.12. The fourth-order valence-electron chi connectivity index (χ4n) is 4.07. The third-order valence-electron chi connectivity index (χ3n) is 5.70. The van der Waals surface area contributed by atoms with Gasteiger partial charge in [-0.15, -0.1) is 10.2 Å². The molecule has 0 spiro atoms. The lowest BCUT2D eigenvalue weighted by Gasteiger charge is -2.16. The van der Waals surface area contributed by atoms with Crippen LogP contribution in [0.4, 0.5) is 0 Å². The zero-order valence-electron chi connectivity index (χ0n) is 17.7. The maximum Gasteiger partial charge on any atom is 0.251 e. The summed E-state index contributed by atoms with van der Waals surface area (Å²) in [5.41, 5.74) is 2.95. The topological polar surface area (TPSA) is 89.1 Å². The van der Waals surface area contributed by atoms with Gasteiger partial charge in [0.05, 0.1) is 11.6 Å². The van der Waals surface area contributed by atoms with E-state index in [9.17, 15) is 4.79 Å². The molecule has 1 N–H and O–H groups in total. The van der Waals surface area contributed by atoms with Gasteiger partial charge >= 0.3 is 0 Å². The molecule has 2 atom stereocenters. The fraction of sp³-hybridized carbons (Fsp3) is 0.455. The van der Waals surface area contributed by atoms with Gasteiger partial charge < -0.3 is 9.73 Å². The third kappa shape index (κ3) is 4.43. The number of hydrogen-bond donors (Lipinski definition) is 1. The van der Waals surface area contributed by atoms with E-state index in [1.807, 2.05) is 41.9 Å². The Morgan fingerprint density at radius 2 is 2.00 bits per heavy atom. The maximum atomic E-state index is 12.5. The molecule has 1 aromatic carbocycles. The van der Waals surface area contributed by atoms with Crippen molar-refractivity contribution in [1.82, 2.24) is 30.2 Å². The molecule has 0 radical (unpaired) electrons. The lowest BCUT2D eigenvalue weighted by atomic mass is 9.96. The quantitative estimate of drug-likeness (QED) is 0.646. The Morgan fingerprint density at radius 1 is 1.20 bits per heavy atom. The lowest BCUT2D eigenvalue weighted by molar-refractivity contribution is 0.0945. The number of amides is 1. The molecule has 8 nitrogen and oxygen atoms in total. The maximum absolute atomic E-state index is 12.5. The van der Waals surface area contributed by atoms with Crippen molar-refractivity contribution in [2.24, 2.45) is 5.92 Å². The summed E-state index contributed by atoms with van der Waals surface area (Å²) in [7, 11) is 0. The van der Waals surface area contributed by atoms with Crippen molar-refractivity contribution >= 4 is 5.91 Å². The first kappa shape index (κ1) is 20.3. The van der Waals surface area contributed by atoms with Gasteiger partial charge in [-0.05, 0) is 26.0 Å². The van der Waals surface area contributed by atoms with Crippen molar-refractivity contribution < 1.29 is 9.21 Å². The minimum atomic E-state index is -0.0606. The van der Waals surface area contributed by atoms with Gasteiger partial charge in [-0.3, -0.25) is 14.4 Å². The first-order chi connectivity index (χ1) is 14.5. The van der Waals surface area contributed by atoms with Gasteiger partial charge in [0.1, 0.15) is 0 Å². The highest BCUT2D eigenvalue weighted by atomic mass is 16.4. The van der Waals surface area contributed by atoms with Crippen molar-refractivity contribution in [2.45, 2.75) is 39.8 Å². The number of nitrogens with one attached hydrogen (secondary N) is 1. The molecular formula is C22H28N6O2. The van der Waals surface area contributed by atoms with Gasteiger partial charge in [0.2, 0.25) is 11.8 Å². The molecule has 3 heterocycles. The number of hydrogen-bond acceptors (Lipinski definition) is 6. The summed E-state index contributed by atoms with van der Waals surface area (Å²) in [5.74, 6) is 1.43. The largest absolute Gasteiger partial charge is 0.425 e. The van der Waals surface area contributed by atoms with Crippen LogP contribution in [-0.4, -0.2) is 50.4 Å². The predicted octanol–water partition coefficient (Wildman–Crippen LogP) is 2.55. The van der Waals surface area contributed by atoms with Gasteiger partial charge in [0.25, 0.3) is 5.91 Å². The number of nitrogens with zero attached hydrogens (tertiary/aromatic N) is 5. The Bertz CT molecular complexity index is 996. The van der Waals surface area contributed by atoms with Gasteiger partial charge in [0, 0.05) is 62.9 Å². The van der Waals surface area contributed by atoms with Gasteiger partial charge in [-0.25, -0.2) is 0 Å². The number of likely N-dealkylation sites (tertiary alicyclic amines) is 1. The molecule has 158 valence electrons. The monoisotopic (exact) mass is 408 g/mol.